The molecule has 72 valence electrons. The van der Waals surface area contributed by atoms with Gasteiger partial charge in [0.15, 0.2) is 0 Å². The predicted molar refractivity (Wildman–Crippen MR) is 61.7 cm³/mol. The fraction of sp³-hybridized carbons (Fsp3) is 0.333. The molecular formula is C9H11Cl2NS. The third-order valence-corrected chi connectivity index (χ3v) is 3.17. The first kappa shape index (κ1) is 11.2. The first-order chi connectivity index (χ1) is 6.24. The summed E-state index contributed by atoms with van der Waals surface area (Å²) in [5.41, 5.74) is 6.46. The van der Waals surface area contributed by atoms with Crippen LogP contribution >= 0.6 is 35.0 Å². The lowest BCUT2D eigenvalue weighted by Gasteiger charge is -2.03. The van der Waals surface area contributed by atoms with Crippen molar-refractivity contribution in [3.8, 4) is 0 Å². The third kappa shape index (κ3) is 3.77. The Morgan fingerprint density at radius 3 is 2.77 bits per heavy atom. The van der Waals surface area contributed by atoms with Crippen LogP contribution in [0.1, 0.15) is 5.56 Å². The molecule has 1 aromatic rings. The molecule has 0 radical (unpaired) electrons. The molecule has 0 fully saturated rings. The average molecular weight is 236 g/mol. The first-order valence-corrected chi connectivity index (χ1v) is 5.87. The number of hydrogen-bond acceptors (Lipinski definition) is 2. The van der Waals surface area contributed by atoms with Gasteiger partial charge in [-0.2, -0.15) is 11.8 Å². The number of nitrogens with two attached hydrogens (primary N) is 1. The minimum atomic E-state index is 0.697. The van der Waals surface area contributed by atoms with Crippen LogP contribution in [0.2, 0.25) is 10.0 Å². The summed E-state index contributed by atoms with van der Waals surface area (Å²) < 4.78 is 0. The maximum atomic E-state index is 5.97. The van der Waals surface area contributed by atoms with Crippen molar-refractivity contribution >= 4 is 35.0 Å². The monoisotopic (exact) mass is 235 g/mol. The lowest BCUT2D eigenvalue weighted by Crippen LogP contribution is -2.01. The fourth-order valence-electron chi connectivity index (χ4n) is 0.919. The number of hydrogen-bond donors (Lipinski definition) is 1. The van der Waals surface area contributed by atoms with Gasteiger partial charge in [-0.1, -0.05) is 23.2 Å². The minimum absolute atomic E-state index is 0.697. The third-order valence-electron chi connectivity index (χ3n) is 1.53. The second-order valence-electron chi connectivity index (χ2n) is 2.58. The van der Waals surface area contributed by atoms with E-state index in [-0.39, 0.29) is 0 Å². The smallest absolute Gasteiger partial charge is 0.0447 e. The van der Waals surface area contributed by atoms with E-state index >= 15 is 0 Å². The Morgan fingerprint density at radius 2 is 2.08 bits per heavy atom. The lowest BCUT2D eigenvalue weighted by atomic mass is 10.2. The summed E-state index contributed by atoms with van der Waals surface area (Å²) in [6, 6.07) is 5.51. The molecule has 4 heteroatoms. The highest BCUT2D eigenvalue weighted by molar-refractivity contribution is 7.98. The van der Waals surface area contributed by atoms with Gasteiger partial charge >= 0.3 is 0 Å². The van der Waals surface area contributed by atoms with Gasteiger partial charge in [-0.05, 0) is 23.8 Å². The van der Waals surface area contributed by atoms with Crippen molar-refractivity contribution in [2.75, 3.05) is 12.3 Å². The van der Waals surface area contributed by atoms with Crippen molar-refractivity contribution in [1.82, 2.24) is 0 Å². The van der Waals surface area contributed by atoms with Crippen LogP contribution in [0.5, 0.6) is 0 Å². The molecule has 0 saturated carbocycles. The summed E-state index contributed by atoms with van der Waals surface area (Å²) in [4.78, 5) is 0. The van der Waals surface area contributed by atoms with Gasteiger partial charge in [-0.3, -0.25) is 0 Å². The van der Waals surface area contributed by atoms with Crippen LogP contribution in [0.25, 0.3) is 0 Å². The number of thioether (sulfide) groups is 1. The van der Waals surface area contributed by atoms with E-state index in [2.05, 4.69) is 0 Å². The van der Waals surface area contributed by atoms with Gasteiger partial charge in [0.2, 0.25) is 0 Å². The largest absolute Gasteiger partial charge is 0.330 e. The molecule has 1 aromatic carbocycles. The average Bonchev–Trinajstić information content (AvgIpc) is 2.11. The van der Waals surface area contributed by atoms with E-state index in [4.69, 9.17) is 28.9 Å². The molecule has 0 amide bonds. The summed E-state index contributed by atoms with van der Waals surface area (Å²) in [7, 11) is 0. The maximum Gasteiger partial charge on any atom is 0.0447 e. The van der Waals surface area contributed by atoms with E-state index in [0.29, 0.717) is 6.54 Å². The zero-order valence-corrected chi connectivity index (χ0v) is 9.42. The first-order valence-electron chi connectivity index (χ1n) is 3.96. The van der Waals surface area contributed by atoms with E-state index in [1.54, 1.807) is 17.8 Å². The molecule has 0 aromatic heterocycles. The van der Waals surface area contributed by atoms with Crippen molar-refractivity contribution in [2.24, 2.45) is 5.73 Å². The lowest BCUT2D eigenvalue weighted by molar-refractivity contribution is 1.15. The van der Waals surface area contributed by atoms with Crippen LogP contribution in [-0.4, -0.2) is 12.3 Å². The highest BCUT2D eigenvalue weighted by Gasteiger charge is 2.00. The summed E-state index contributed by atoms with van der Waals surface area (Å²) in [5.74, 6) is 1.82. The van der Waals surface area contributed by atoms with Gasteiger partial charge in [0.05, 0.1) is 0 Å². The van der Waals surface area contributed by atoms with Crippen molar-refractivity contribution in [2.45, 2.75) is 5.75 Å². The Hall–Kier alpha value is 0.110. The highest BCUT2D eigenvalue weighted by atomic mass is 35.5. The number of halogens is 2. The molecule has 0 atom stereocenters. The van der Waals surface area contributed by atoms with Crippen LogP contribution in [0.3, 0.4) is 0 Å². The van der Waals surface area contributed by atoms with E-state index in [0.717, 1.165) is 27.1 Å². The molecular weight excluding hydrogens is 225 g/mol. The zero-order chi connectivity index (χ0) is 9.68. The molecule has 0 saturated heterocycles. The van der Waals surface area contributed by atoms with Gasteiger partial charge in [0.25, 0.3) is 0 Å². The van der Waals surface area contributed by atoms with Crippen molar-refractivity contribution in [3.05, 3.63) is 33.8 Å². The van der Waals surface area contributed by atoms with Crippen LogP contribution in [0.15, 0.2) is 18.2 Å². The van der Waals surface area contributed by atoms with Crippen LogP contribution < -0.4 is 5.73 Å². The van der Waals surface area contributed by atoms with Crippen molar-refractivity contribution < 1.29 is 0 Å². The molecule has 13 heavy (non-hydrogen) atoms. The summed E-state index contributed by atoms with van der Waals surface area (Å²) in [5, 5.41) is 1.50. The number of benzene rings is 1. The molecule has 2 N–H and O–H groups in total. The standard InChI is InChI=1S/C9H11Cl2NS/c10-8-1-2-9(11)7(5-8)6-13-4-3-12/h1-2,5H,3-4,6,12H2. The summed E-state index contributed by atoms with van der Waals surface area (Å²) in [6.45, 7) is 0.697. The van der Waals surface area contributed by atoms with Crippen LogP contribution in [0, 0.1) is 0 Å². The Morgan fingerprint density at radius 1 is 1.31 bits per heavy atom. The van der Waals surface area contributed by atoms with Gasteiger partial charge in [0.1, 0.15) is 0 Å². The topological polar surface area (TPSA) is 26.0 Å². The molecule has 0 spiro atoms. The van der Waals surface area contributed by atoms with Crippen LogP contribution in [-0.2, 0) is 5.75 Å². The normalized spacial score (nSPS) is 10.4. The van der Waals surface area contributed by atoms with Gasteiger partial charge in [-0.25, -0.2) is 0 Å². The SMILES string of the molecule is NCCSCc1cc(Cl)ccc1Cl. The molecule has 0 bridgehead atoms. The molecule has 0 heterocycles. The van der Waals surface area contributed by atoms with E-state index in [9.17, 15) is 0 Å². The molecule has 0 aliphatic heterocycles. The fourth-order valence-corrected chi connectivity index (χ4v) is 2.15. The summed E-state index contributed by atoms with van der Waals surface area (Å²) >= 11 is 13.6. The van der Waals surface area contributed by atoms with E-state index < -0.39 is 0 Å². The minimum Gasteiger partial charge on any atom is -0.330 e. The molecule has 1 rings (SSSR count). The predicted octanol–water partition coefficient (Wildman–Crippen LogP) is 3.19. The van der Waals surface area contributed by atoms with Crippen molar-refractivity contribution in [3.63, 3.8) is 0 Å². The maximum absolute atomic E-state index is 5.97. The van der Waals surface area contributed by atoms with Crippen molar-refractivity contribution in [1.29, 1.82) is 0 Å². The highest BCUT2D eigenvalue weighted by Crippen LogP contribution is 2.24. The van der Waals surface area contributed by atoms with Gasteiger partial charge < -0.3 is 5.73 Å². The van der Waals surface area contributed by atoms with E-state index in [1.165, 1.54) is 0 Å². The Balaban J connectivity index is 2.59. The Kier molecular flexibility index (Phi) is 4.96. The quantitative estimate of drug-likeness (QED) is 0.812. The Labute approximate surface area is 92.6 Å². The summed E-state index contributed by atoms with van der Waals surface area (Å²) in [6.07, 6.45) is 0. The molecule has 0 aliphatic rings. The Bertz CT molecular complexity index is 278. The number of rotatable bonds is 4. The molecule has 1 nitrogen and oxygen atoms in total. The molecule has 0 aliphatic carbocycles. The molecule has 0 unspecified atom stereocenters. The van der Waals surface area contributed by atoms with Gasteiger partial charge in [0, 0.05) is 28.1 Å². The second kappa shape index (κ2) is 5.76. The zero-order valence-electron chi connectivity index (χ0n) is 7.09. The van der Waals surface area contributed by atoms with Crippen LogP contribution in [0.4, 0.5) is 0 Å². The van der Waals surface area contributed by atoms with E-state index in [1.807, 2.05) is 12.1 Å². The van der Waals surface area contributed by atoms with Gasteiger partial charge in [-0.15, -0.1) is 0 Å². The second-order valence-corrected chi connectivity index (χ2v) is 4.53.